The standard InChI is InChI=1S/C35H25N3O/c39-25-26-14-18-31(19-15-26)38(30-11-5-2-6-12-30)32-20-16-27(17-21-32)29-23-34(28-9-3-1-4-10-28)37-35(24-29)33-13-7-8-22-36-33/h1-25H. The molecule has 0 spiro atoms. The Labute approximate surface area is 227 Å². The molecule has 6 aromatic rings. The third kappa shape index (κ3) is 5.22. The number of para-hydroxylation sites is 1. The zero-order valence-corrected chi connectivity index (χ0v) is 21.2. The molecule has 0 aliphatic rings. The van der Waals surface area contributed by atoms with Gasteiger partial charge in [0, 0.05) is 34.4 Å². The average Bonchev–Trinajstić information content (AvgIpc) is 3.03. The predicted octanol–water partition coefficient (Wildman–Crippen LogP) is 8.76. The molecule has 0 aliphatic heterocycles. The number of anilines is 3. The minimum Gasteiger partial charge on any atom is -0.311 e. The molecule has 0 aliphatic carbocycles. The topological polar surface area (TPSA) is 46.1 Å². The van der Waals surface area contributed by atoms with Gasteiger partial charge in [-0.2, -0.15) is 0 Å². The normalized spacial score (nSPS) is 10.7. The van der Waals surface area contributed by atoms with E-state index in [4.69, 9.17) is 4.98 Å². The van der Waals surface area contributed by atoms with E-state index in [2.05, 4.69) is 70.5 Å². The van der Waals surface area contributed by atoms with Crippen molar-refractivity contribution in [3.05, 3.63) is 151 Å². The first kappa shape index (κ1) is 24.0. The molecule has 0 saturated heterocycles. The van der Waals surface area contributed by atoms with Gasteiger partial charge in [0.1, 0.15) is 6.29 Å². The number of nitrogens with zero attached hydrogens (tertiary/aromatic N) is 3. The van der Waals surface area contributed by atoms with Crippen LogP contribution in [0.25, 0.3) is 33.8 Å². The molecule has 0 bridgehead atoms. The smallest absolute Gasteiger partial charge is 0.150 e. The maximum atomic E-state index is 11.2. The highest BCUT2D eigenvalue weighted by molar-refractivity contribution is 5.82. The minimum absolute atomic E-state index is 0.651. The number of hydrogen-bond donors (Lipinski definition) is 0. The van der Waals surface area contributed by atoms with E-state index in [9.17, 15) is 4.79 Å². The summed E-state index contributed by atoms with van der Waals surface area (Å²) in [4.78, 5) is 22.9. The molecule has 0 N–H and O–H groups in total. The highest BCUT2D eigenvalue weighted by Gasteiger charge is 2.14. The number of aromatic nitrogens is 2. The molecular formula is C35H25N3O. The van der Waals surface area contributed by atoms with E-state index in [0.29, 0.717) is 5.56 Å². The van der Waals surface area contributed by atoms with Gasteiger partial charge in [-0.15, -0.1) is 0 Å². The van der Waals surface area contributed by atoms with Gasteiger partial charge < -0.3 is 4.90 Å². The van der Waals surface area contributed by atoms with Crippen molar-refractivity contribution in [2.24, 2.45) is 0 Å². The number of pyridine rings is 2. The number of hydrogen-bond acceptors (Lipinski definition) is 4. The van der Waals surface area contributed by atoms with Crippen LogP contribution in [0, 0.1) is 0 Å². The van der Waals surface area contributed by atoms with Crippen molar-refractivity contribution in [1.82, 2.24) is 9.97 Å². The predicted molar refractivity (Wildman–Crippen MR) is 158 cm³/mol. The summed E-state index contributed by atoms with van der Waals surface area (Å²) in [7, 11) is 0. The summed E-state index contributed by atoms with van der Waals surface area (Å²) in [5, 5.41) is 0. The van der Waals surface area contributed by atoms with E-state index in [1.807, 2.05) is 78.9 Å². The Balaban J connectivity index is 1.42. The minimum atomic E-state index is 0.651. The number of benzene rings is 4. The molecule has 0 amide bonds. The number of carbonyl (C=O) groups is 1. The van der Waals surface area contributed by atoms with Gasteiger partial charge in [-0.1, -0.05) is 66.7 Å². The fourth-order valence-corrected chi connectivity index (χ4v) is 4.63. The van der Waals surface area contributed by atoms with Gasteiger partial charge in [-0.25, -0.2) is 4.98 Å². The summed E-state index contributed by atoms with van der Waals surface area (Å²) in [5.74, 6) is 0. The zero-order valence-electron chi connectivity index (χ0n) is 21.2. The summed E-state index contributed by atoms with van der Waals surface area (Å²) in [6.07, 6.45) is 2.66. The van der Waals surface area contributed by atoms with Crippen LogP contribution in [0.4, 0.5) is 17.1 Å². The molecule has 39 heavy (non-hydrogen) atoms. The summed E-state index contributed by atoms with van der Waals surface area (Å²) in [6, 6.07) is 46.7. The van der Waals surface area contributed by atoms with Crippen molar-refractivity contribution in [2.75, 3.05) is 4.90 Å². The van der Waals surface area contributed by atoms with Crippen molar-refractivity contribution in [2.45, 2.75) is 0 Å². The van der Waals surface area contributed by atoms with E-state index in [-0.39, 0.29) is 0 Å². The molecule has 186 valence electrons. The molecule has 0 radical (unpaired) electrons. The van der Waals surface area contributed by atoms with Gasteiger partial charge in [-0.3, -0.25) is 9.78 Å². The Morgan fingerprint density at radius 2 is 1.08 bits per heavy atom. The number of carbonyl (C=O) groups excluding carboxylic acids is 1. The van der Waals surface area contributed by atoms with Gasteiger partial charge in [-0.05, 0) is 83.9 Å². The van der Waals surface area contributed by atoms with Crippen LogP contribution in [-0.2, 0) is 0 Å². The maximum Gasteiger partial charge on any atom is 0.150 e. The van der Waals surface area contributed by atoms with E-state index >= 15 is 0 Å². The molecule has 0 atom stereocenters. The van der Waals surface area contributed by atoms with E-state index < -0.39 is 0 Å². The molecule has 4 heteroatoms. The van der Waals surface area contributed by atoms with Gasteiger partial charge in [0.2, 0.25) is 0 Å². The van der Waals surface area contributed by atoms with Crippen LogP contribution < -0.4 is 4.90 Å². The molecular weight excluding hydrogens is 478 g/mol. The molecule has 0 saturated carbocycles. The van der Waals surface area contributed by atoms with E-state index in [1.54, 1.807) is 6.20 Å². The number of aldehydes is 1. The Bertz CT molecular complexity index is 1630. The van der Waals surface area contributed by atoms with E-state index in [1.165, 1.54) is 0 Å². The van der Waals surface area contributed by atoms with Crippen LogP contribution in [0.1, 0.15) is 10.4 Å². The van der Waals surface area contributed by atoms with Crippen LogP contribution in [0.15, 0.2) is 146 Å². The maximum absolute atomic E-state index is 11.2. The molecule has 2 heterocycles. The number of rotatable bonds is 7. The summed E-state index contributed by atoms with van der Waals surface area (Å²) in [5.41, 5.74) is 9.46. The quantitative estimate of drug-likeness (QED) is 0.204. The lowest BCUT2D eigenvalue weighted by Crippen LogP contribution is -2.09. The van der Waals surface area contributed by atoms with Crippen molar-refractivity contribution in [1.29, 1.82) is 0 Å². The highest BCUT2D eigenvalue weighted by Crippen LogP contribution is 2.36. The molecule has 2 aromatic heterocycles. The lowest BCUT2D eigenvalue weighted by Gasteiger charge is -2.25. The second kappa shape index (κ2) is 11.0. The van der Waals surface area contributed by atoms with Crippen LogP contribution in [0.3, 0.4) is 0 Å². The lowest BCUT2D eigenvalue weighted by atomic mass is 10.0. The van der Waals surface area contributed by atoms with Crippen molar-refractivity contribution in [3.8, 4) is 33.8 Å². The lowest BCUT2D eigenvalue weighted by molar-refractivity contribution is 0.112. The SMILES string of the molecule is O=Cc1ccc(N(c2ccccc2)c2ccc(-c3cc(-c4ccccc4)nc(-c4ccccn4)c3)cc2)cc1. The Hall–Kier alpha value is -5.35. The van der Waals surface area contributed by atoms with Crippen LogP contribution >= 0.6 is 0 Å². The van der Waals surface area contributed by atoms with Gasteiger partial charge in [0.05, 0.1) is 17.1 Å². The van der Waals surface area contributed by atoms with Crippen LogP contribution in [-0.4, -0.2) is 16.3 Å². The molecule has 0 fully saturated rings. The van der Waals surface area contributed by atoms with Gasteiger partial charge >= 0.3 is 0 Å². The van der Waals surface area contributed by atoms with Gasteiger partial charge in [0.25, 0.3) is 0 Å². The van der Waals surface area contributed by atoms with Crippen molar-refractivity contribution < 1.29 is 4.79 Å². The third-order valence-corrected chi connectivity index (χ3v) is 6.58. The second-order valence-corrected chi connectivity index (χ2v) is 9.13. The molecule has 4 aromatic carbocycles. The first-order valence-corrected chi connectivity index (χ1v) is 12.8. The summed E-state index contributed by atoms with van der Waals surface area (Å²) < 4.78 is 0. The highest BCUT2D eigenvalue weighted by atomic mass is 16.1. The van der Waals surface area contributed by atoms with Crippen LogP contribution in [0.5, 0.6) is 0 Å². The average molecular weight is 504 g/mol. The molecule has 4 nitrogen and oxygen atoms in total. The Morgan fingerprint density at radius 1 is 0.487 bits per heavy atom. The first-order valence-electron chi connectivity index (χ1n) is 12.8. The van der Waals surface area contributed by atoms with E-state index in [0.717, 1.165) is 57.1 Å². The first-order chi connectivity index (χ1) is 19.3. The second-order valence-electron chi connectivity index (χ2n) is 9.13. The fraction of sp³-hybridized carbons (Fsp3) is 0. The third-order valence-electron chi connectivity index (χ3n) is 6.58. The summed E-state index contributed by atoms with van der Waals surface area (Å²) in [6.45, 7) is 0. The van der Waals surface area contributed by atoms with Gasteiger partial charge in [0.15, 0.2) is 0 Å². The zero-order chi connectivity index (χ0) is 26.4. The fourth-order valence-electron chi connectivity index (χ4n) is 4.63. The van der Waals surface area contributed by atoms with Crippen LogP contribution in [0.2, 0.25) is 0 Å². The van der Waals surface area contributed by atoms with Crippen molar-refractivity contribution >= 4 is 23.3 Å². The largest absolute Gasteiger partial charge is 0.311 e. The monoisotopic (exact) mass is 503 g/mol. The molecule has 0 unspecified atom stereocenters. The Morgan fingerprint density at radius 3 is 1.72 bits per heavy atom. The molecule has 6 rings (SSSR count). The Kier molecular flexibility index (Phi) is 6.74. The van der Waals surface area contributed by atoms with Crippen molar-refractivity contribution in [3.63, 3.8) is 0 Å². The summed E-state index contributed by atoms with van der Waals surface area (Å²) >= 11 is 0.